The number of carbonyl (C=O) groups excluding carboxylic acids is 5. The second-order valence-corrected chi connectivity index (χ2v) is 10.9. The van der Waals surface area contributed by atoms with E-state index in [-0.39, 0.29) is 44.4 Å². The van der Waals surface area contributed by atoms with Crippen LogP contribution in [0.1, 0.15) is 70.8 Å². The van der Waals surface area contributed by atoms with Gasteiger partial charge in [-0.25, -0.2) is 0 Å². The molecule has 2 atom stereocenters. The van der Waals surface area contributed by atoms with Gasteiger partial charge in [0.25, 0.3) is 0 Å². The highest BCUT2D eigenvalue weighted by atomic mass is 16.5. The molecule has 1 fully saturated rings. The first-order valence-corrected chi connectivity index (χ1v) is 14.5. The Hall–Kier alpha value is -3.96. The van der Waals surface area contributed by atoms with E-state index in [1.165, 1.54) is 11.8 Å². The summed E-state index contributed by atoms with van der Waals surface area (Å²) >= 11 is 0. The Kier molecular flexibility index (Phi) is 11.9. The topological polar surface area (TPSA) is 168 Å². The van der Waals surface area contributed by atoms with Crippen LogP contribution in [0.15, 0.2) is 24.3 Å². The number of carbonyl (C=O) groups is 6. The molecular formula is C30H41N3O9. The number of nitrogens with zero attached hydrogens (tertiary/aromatic N) is 1. The van der Waals surface area contributed by atoms with Crippen molar-refractivity contribution < 1.29 is 43.3 Å². The number of hydrogen-bond donors (Lipinski definition) is 3. The molecule has 12 heteroatoms. The first kappa shape index (κ1) is 32.6. The predicted molar refractivity (Wildman–Crippen MR) is 151 cm³/mol. The number of aliphatic carboxylic acids is 1. The number of amides is 3. The minimum atomic E-state index is -1.17. The third kappa shape index (κ3) is 8.77. The molecule has 12 nitrogen and oxygen atoms in total. The molecule has 0 saturated heterocycles. The zero-order valence-electron chi connectivity index (χ0n) is 24.3. The molecule has 2 aliphatic rings. The zero-order chi connectivity index (χ0) is 30.7. The lowest BCUT2D eigenvalue weighted by molar-refractivity contribution is -0.152. The van der Waals surface area contributed by atoms with E-state index in [0.717, 1.165) is 18.4 Å². The van der Waals surface area contributed by atoms with Gasteiger partial charge in [-0.15, -0.1) is 0 Å². The number of rotatable bonds is 14. The largest absolute Gasteiger partial charge is 0.480 e. The van der Waals surface area contributed by atoms with Crippen molar-refractivity contribution in [3.63, 3.8) is 0 Å². The number of carboxylic acid groups (broad SMARTS) is 1. The number of aryl methyl sites for hydroxylation is 1. The number of carboxylic acids is 1. The minimum Gasteiger partial charge on any atom is -0.480 e. The molecule has 0 spiro atoms. The number of anilines is 1. The molecule has 3 amide bonds. The summed E-state index contributed by atoms with van der Waals surface area (Å²) in [6.45, 7) is 2.97. The van der Waals surface area contributed by atoms with Crippen molar-refractivity contribution in [2.45, 2.75) is 77.7 Å². The van der Waals surface area contributed by atoms with Crippen LogP contribution in [0.3, 0.4) is 0 Å². The molecule has 0 radical (unpaired) electrons. The number of fused-ring (bicyclic) bond motifs is 1. The summed E-state index contributed by atoms with van der Waals surface area (Å²) in [5.41, 5.74) is 0.350. The van der Waals surface area contributed by atoms with Crippen LogP contribution in [-0.2, 0) is 44.7 Å². The molecule has 3 rings (SSSR count). The van der Waals surface area contributed by atoms with Crippen LogP contribution in [0.5, 0.6) is 0 Å². The van der Waals surface area contributed by atoms with Crippen molar-refractivity contribution in [2.75, 3.05) is 31.2 Å². The highest BCUT2D eigenvalue weighted by Crippen LogP contribution is 2.44. The molecule has 1 aromatic carbocycles. The summed E-state index contributed by atoms with van der Waals surface area (Å²) in [5.74, 6) is -4.28. The van der Waals surface area contributed by atoms with E-state index in [2.05, 4.69) is 10.6 Å². The Balaban J connectivity index is 1.74. The van der Waals surface area contributed by atoms with Gasteiger partial charge in [-0.2, -0.15) is 0 Å². The average molecular weight is 588 g/mol. The fourth-order valence-electron chi connectivity index (χ4n) is 5.82. The van der Waals surface area contributed by atoms with Gasteiger partial charge in [0.1, 0.15) is 12.6 Å². The van der Waals surface area contributed by atoms with E-state index >= 15 is 0 Å². The molecule has 1 aromatic rings. The van der Waals surface area contributed by atoms with Crippen LogP contribution in [0.2, 0.25) is 0 Å². The van der Waals surface area contributed by atoms with E-state index < -0.39 is 47.7 Å². The van der Waals surface area contributed by atoms with E-state index in [4.69, 9.17) is 9.47 Å². The molecule has 3 N–H and O–H groups in total. The van der Waals surface area contributed by atoms with Crippen molar-refractivity contribution in [3.8, 4) is 0 Å². The van der Waals surface area contributed by atoms with Gasteiger partial charge in [0.15, 0.2) is 0 Å². The van der Waals surface area contributed by atoms with Gasteiger partial charge < -0.3 is 25.2 Å². The standard InChI is InChI=1S/C30H41N3O9/c1-3-41-28(39)22(17-25(35)31-15-8-16-42-20(2)34)18-30(13-6-7-14-30)29(40)32-23-12-11-21-9-4-5-10-24(21)33(27(23)38)19-26(36)37/h4-5,9-10,22-23H,3,6-8,11-19H2,1-2H3,(H,31,35)(H,32,40)(H,36,37)/t22?,23-/m0/s1. The number of esters is 2. The van der Waals surface area contributed by atoms with Crippen LogP contribution >= 0.6 is 0 Å². The van der Waals surface area contributed by atoms with E-state index in [0.29, 0.717) is 37.8 Å². The summed E-state index contributed by atoms with van der Waals surface area (Å²) in [5, 5.41) is 15.1. The van der Waals surface area contributed by atoms with Crippen molar-refractivity contribution in [1.82, 2.24) is 10.6 Å². The molecule has 1 saturated carbocycles. The first-order valence-electron chi connectivity index (χ1n) is 14.5. The lowest BCUT2D eigenvalue weighted by Gasteiger charge is -2.33. The lowest BCUT2D eigenvalue weighted by Crippen LogP contribution is -2.53. The molecule has 0 bridgehead atoms. The Morgan fingerprint density at radius 1 is 1.12 bits per heavy atom. The van der Waals surface area contributed by atoms with E-state index in [1.54, 1.807) is 19.1 Å². The number of para-hydroxylation sites is 1. The van der Waals surface area contributed by atoms with Gasteiger partial charge in [-0.3, -0.25) is 33.7 Å². The van der Waals surface area contributed by atoms with Crippen molar-refractivity contribution in [3.05, 3.63) is 29.8 Å². The molecular weight excluding hydrogens is 546 g/mol. The number of benzene rings is 1. The monoisotopic (exact) mass is 587 g/mol. The Morgan fingerprint density at radius 2 is 1.83 bits per heavy atom. The van der Waals surface area contributed by atoms with Gasteiger partial charge in [-0.05, 0) is 57.1 Å². The number of nitrogens with one attached hydrogen (secondary N) is 2. The summed E-state index contributed by atoms with van der Waals surface area (Å²) in [4.78, 5) is 76.8. The van der Waals surface area contributed by atoms with Gasteiger partial charge >= 0.3 is 17.9 Å². The zero-order valence-corrected chi connectivity index (χ0v) is 24.3. The quantitative estimate of drug-likeness (QED) is 0.218. The van der Waals surface area contributed by atoms with Crippen molar-refractivity contribution in [1.29, 1.82) is 0 Å². The van der Waals surface area contributed by atoms with Crippen LogP contribution in [0.4, 0.5) is 5.69 Å². The fraction of sp³-hybridized carbons (Fsp3) is 0.600. The molecule has 1 aliphatic heterocycles. The Bertz CT molecular complexity index is 1160. The maximum Gasteiger partial charge on any atom is 0.323 e. The second-order valence-electron chi connectivity index (χ2n) is 10.9. The maximum atomic E-state index is 13.9. The summed E-state index contributed by atoms with van der Waals surface area (Å²) in [6, 6.07) is 6.15. The predicted octanol–water partition coefficient (Wildman–Crippen LogP) is 2.12. The van der Waals surface area contributed by atoms with Crippen LogP contribution in [-0.4, -0.2) is 73.1 Å². The van der Waals surface area contributed by atoms with Crippen LogP contribution in [0, 0.1) is 11.3 Å². The number of ether oxygens (including phenoxy) is 2. The summed E-state index contributed by atoms with van der Waals surface area (Å²) in [7, 11) is 0. The van der Waals surface area contributed by atoms with Crippen LogP contribution in [0.25, 0.3) is 0 Å². The smallest absolute Gasteiger partial charge is 0.323 e. The molecule has 1 unspecified atom stereocenters. The average Bonchev–Trinajstić information content (AvgIpc) is 3.38. The van der Waals surface area contributed by atoms with Gasteiger partial charge in [0.05, 0.1) is 24.5 Å². The second kappa shape index (κ2) is 15.3. The molecule has 230 valence electrons. The van der Waals surface area contributed by atoms with E-state index in [9.17, 15) is 33.9 Å². The summed E-state index contributed by atoms with van der Waals surface area (Å²) < 4.78 is 10.1. The van der Waals surface area contributed by atoms with Crippen molar-refractivity contribution >= 4 is 41.3 Å². The fourth-order valence-corrected chi connectivity index (χ4v) is 5.82. The van der Waals surface area contributed by atoms with Crippen LogP contribution < -0.4 is 15.5 Å². The first-order chi connectivity index (χ1) is 20.1. The molecule has 42 heavy (non-hydrogen) atoms. The molecule has 1 aliphatic carbocycles. The number of hydrogen-bond acceptors (Lipinski definition) is 8. The Labute approximate surface area is 245 Å². The third-order valence-electron chi connectivity index (χ3n) is 7.83. The van der Waals surface area contributed by atoms with Gasteiger partial charge in [-0.1, -0.05) is 31.0 Å². The Morgan fingerprint density at radius 3 is 2.50 bits per heavy atom. The van der Waals surface area contributed by atoms with Crippen molar-refractivity contribution in [2.24, 2.45) is 11.3 Å². The maximum absolute atomic E-state index is 13.9. The summed E-state index contributed by atoms with van der Waals surface area (Å²) in [6.07, 6.45) is 3.56. The third-order valence-corrected chi connectivity index (χ3v) is 7.83. The highest BCUT2D eigenvalue weighted by molar-refractivity contribution is 6.03. The highest BCUT2D eigenvalue weighted by Gasteiger charge is 2.46. The van der Waals surface area contributed by atoms with Gasteiger partial charge in [0, 0.05) is 25.6 Å². The molecule has 1 heterocycles. The van der Waals surface area contributed by atoms with Gasteiger partial charge in [0.2, 0.25) is 17.7 Å². The van der Waals surface area contributed by atoms with E-state index in [1.807, 2.05) is 12.1 Å². The SMILES string of the molecule is CCOC(=O)C(CC(=O)NCCCOC(C)=O)CC1(C(=O)N[C@H]2CCc3ccccc3N(CC(=O)O)C2=O)CCCC1. The normalized spacial score (nSPS) is 18.3. The minimum absolute atomic E-state index is 0.0819. The molecule has 0 aromatic heterocycles. The lowest BCUT2D eigenvalue weighted by atomic mass is 9.75.